The van der Waals surface area contributed by atoms with E-state index in [-0.39, 0.29) is 0 Å². The van der Waals surface area contributed by atoms with E-state index in [4.69, 9.17) is 0 Å². The molecule has 2 aromatic heterocycles. The Morgan fingerprint density at radius 2 is 2.25 bits per heavy atom. The summed E-state index contributed by atoms with van der Waals surface area (Å²) in [6.45, 7) is 0. The van der Waals surface area contributed by atoms with Crippen molar-refractivity contribution in [3.63, 3.8) is 0 Å². The monoisotopic (exact) mass is 213 g/mol. The zero-order valence-corrected chi connectivity index (χ0v) is 8.50. The summed E-state index contributed by atoms with van der Waals surface area (Å²) in [5.41, 5.74) is 1.73. The van der Waals surface area contributed by atoms with Crippen LogP contribution in [0.5, 0.6) is 0 Å². The molecule has 0 saturated heterocycles. The summed E-state index contributed by atoms with van der Waals surface area (Å²) in [7, 11) is 0. The van der Waals surface area contributed by atoms with Gasteiger partial charge in [0.1, 0.15) is 23.9 Å². The maximum absolute atomic E-state index is 11.7. The summed E-state index contributed by atoms with van der Waals surface area (Å²) in [5.74, 6) is 0.430. The Bertz CT molecular complexity index is 511. The lowest BCUT2D eigenvalue weighted by Crippen LogP contribution is -2.31. The molecule has 2 heterocycles. The van der Waals surface area contributed by atoms with Gasteiger partial charge in [-0.3, -0.25) is 0 Å². The number of aromatic nitrogens is 4. The second-order valence-electron chi connectivity index (χ2n) is 3.80. The predicted molar refractivity (Wildman–Crippen MR) is 55.0 cm³/mol. The predicted octanol–water partition coefficient (Wildman–Crippen LogP) is 0.850. The SMILES string of the molecule is [O-][n+]1[c]c(C2CC2)ncc1-c1ccncn1. The van der Waals surface area contributed by atoms with Gasteiger partial charge in [-0.25, -0.2) is 15.0 Å². The average molecular weight is 213 g/mol. The molecule has 5 nitrogen and oxygen atoms in total. The van der Waals surface area contributed by atoms with Crippen LogP contribution in [-0.2, 0) is 0 Å². The zero-order chi connectivity index (χ0) is 11.0. The summed E-state index contributed by atoms with van der Waals surface area (Å²) in [4.78, 5) is 12.1. The standard InChI is InChI=1S/C11H9N4O/c16-15-6-10(8-1-2-8)13-5-11(15)9-3-4-12-7-14-9/h3-5,7-8H,1-2H2. The highest BCUT2D eigenvalue weighted by atomic mass is 16.5. The first kappa shape index (κ1) is 9.21. The zero-order valence-electron chi connectivity index (χ0n) is 8.50. The molecule has 0 aromatic carbocycles. The Balaban J connectivity index is 2.02. The summed E-state index contributed by atoms with van der Waals surface area (Å²) in [5, 5.41) is 11.7. The van der Waals surface area contributed by atoms with Crippen LogP contribution in [0, 0.1) is 11.4 Å². The molecule has 0 amide bonds. The lowest BCUT2D eigenvalue weighted by atomic mass is 10.2. The number of hydrogen-bond acceptors (Lipinski definition) is 4. The van der Waals surface area contributed by atoms with Crippen LogP contribution in [0.2, 0.25) is 0 Å². The van der Waals surface area contributed by atoms with Gasteiger partial charge in [0.15, 0.2) is 0 Å². The van der Waals surface area contributed by atoms with Crippen molar-refractivity contribution in [1.82, 2.24) is 15.0 Å². The van der Waals surface area contributed by atoms with E-state index in [1.165, 1.54) is 6.33 Å². The van der Waals surface area contributed by atoms with Crippen LogP contribution in [0.15, 0.2) is 24.8 Å². The van der Waals surface area contributed by atoms with Crippen LogP contribution < -0.4 is 4.73 Å². The van der Waals surface area contributed by atoms with Crippen molar-refractivity contribution in [2.24, 2.45) is 0 Å². The highest BCUT2D eigenvalue weighted by Crippen LogP contribution is 2.38. The van der Waals surface area contributed by atoms with E-state index in [0.717, 1.165) is 18.5 Å². The van der Waals surface area contributed by atoms with Gasteiger partial charge in [0.25, 0.3) is 5.69 Å². The van der Waals surface area contributed by atoms with Gasteiger partial charge in [-0.15, -0.1) is 0 Å². The van der Waals surface area contributed by atoms with Gasteiger partial charge in [0.2, 0.25) is 0 Å². The van der Waals surface area contributed by atoms with Gasteiger partial charge >= 0.3 is 6.20 Å². The minimum absolute atomic E-state index is 0.409. The van der Waals surface area contributed by atoms with Crippen molar-refractivity contribution in [2.45, 2.75) is 18.8 Å². The molecule has 0 N–H and O–H groups in total. The minimum atomic E-state index is 0.409. The number of rotatable bonds is 2. The maximum Gasteiger partial charge on any atom is 0.314 e. The fourth-order valence-corrected chi connectivity index (χ4v) is 1.54. The van der Waals surface area contributed by atoms with Crippen molar-refractivity contribution < 1.29 is 4.73 Å². The normalized spacial score (nSPS) is 15.0. The van der Waals surface area contributed by atoms with Crippen molar-refractivity contribution >= 4 is 0 Å². The lowest BCUT2D eigenvalue weighted by Gasteiger charge is -2.03. The van der Waals surface area contributed by atoms with Crippen LogP contribution in [0.3, 0.4) is 0 Å². The first-order valence-corrected chi connectivity index (χ1v) is 5.13. The molecule has 5 heteroatoms. The lowest BCUT2D eigenvalue weighted by molar-refractivity contribution is -0.599. The van der Waals surface area contributed by atoms with Gasteiger partial charge in [-0.1, -0.05) is 0 Å². The molecular formula is C11H9N4O. The van der Waals surface area contributed by atoms with Crippen molar-refractivity contribution in [3.05, 3.63) is 41.9 Å². The number of nitrogens with zero attached hydrogens (tertiary/aromatic N) is 4. The Labute approximate surface area is 92.4 Å². The van der Waals surface area contributed by atoms with Gasteiger partial charge in [0.05, 0.1) is 0 Å². The van der Waals surface area contributed by atoms with Crippen LogP contribution in [0.4, 0.5) is 0 Å². The summed E-state index contributed by atoms with van der Waals surface area (Å²) in [6, 6.07) is 1.68. The van der Waals surface area contributed by atoms with E-state index < -0.39 is 0 Å². The Kier molecular flexibility index (Phi) is 2.02. The summed E-state index contributed by atoms with van der Waals surface area (Å²) < 4.78 is 0.711. The highest BCUT2D eigenvalue weighted by molar-refractivity contribution is 5.47. The summed E-state index contributed by atoms with van der Waals surface area (Å²) >= 11 is 0. The van der Waals surface area contributed by atoms with E-state index in [0.29, 0.717) is 22.0 Å². The number of hydrogen-bond donors (Lipinski definition) is 0. The molecule has 16 heavy (non-hydrogen) atoms. The molecule has 3 rings (SSSR count). The molecule has 2 aromatic rings. The van der Waals surface area contributed by atoms with Crippen LogP contribution in [0.1, 0.15) is 24.5 Å². The molecular weight excluding hydrogens is 204 g/mol. The molecule has 1 radical (unpaired) electrons. The van der Waals surface area contributed by atoms with Gasteiger partial charge in [-0.2, -0.15) is 4.73 Å². The van der Waals surface area contributed by atoms with E-state index >= 15 is 0 Å². The van der Waals surface area contributed by atoms with Crippen molar-refractivity contribution in [2.75, 3.05) is 0 Å². The quantitative estimate of drug-likeness (QED) is 0.548. The average Bonchev–Trinajstić information content (AvgIpc) is 3.14. The molecule has 0 unspecified atom stereocenters. The van der Waals surface area contributed by atoms with Gasteiger partial charge < -0.3 is 5.21 Å². The molecule has 0 aliphatic heterocycles. The molecule has 0 atom stereocenters. The van der Waals surface area contributed by atoms with E-state index in [9.17, 15) is 5.21 Å². The maximum atomic E-state index is 11.7. The third-order valence-electron chi connectivity index (χ3n) is 2.57. The van der Waals surface area contributed by atoms with Crippen LogP contribution >= 0.6 is 0 Å². The van der Waals surface area contributed by atoms with Crippen molar-refractivity contribution in [1.29, 1.82) is 0 Å². The second kappa shape index (κ2) is 3.52. The molecule has 1 fully saturated rings. The fraction of sp³-hybridized carbons (Fsp3) is 0.273. The van der Waals surface area contributed by atoms with E-state index in [1.54, 1.807) is 18.5 Å². The molecule has 0 spiro atoms. The first-order valence-electron chi connectivity index (χ1n) is 5.13. The molecule has 1 aliphatic rings. The fourth-order valence-electron chi connectivity index (χ4n) is 1.54. The Morgan fingerprint density at radius 3 is 2.88 bits per heavy atom. The molecule has 1 aliphatic carbocycles. The van der Waals surface area contributed by atoms with E-state index in [1.807, 2.05) is 0 Å². The van der Waals surface area contributed by atoms with Gasteiger partial charge in [0, 0.05) is 12.1 Å². The minimum Gasteiger partial charge on any atom is -0.618 e. The smallest absolute Gasteiger partial charge is 0.314 e. The van der Waals surface area contributed by atoms with Crippen molar-refractivity contribution in [3.8, 4) is 11.4 Å². The Hall–Kier alpha value is -2.04. The van der Waals surface area contributed by atoms with Gasteiger partial charge in [-0.05, 0) is 18.9 Å². The van der Waals surface area contributed by atoms with E-state index in [2.05, 4.69) is 21.1 Å². The first-order chi connectivity index (χ1) is 7.84. The largest absolute Gasteiger partial charge is 0.618 e. The molecule has 79 valence electrons. The van der Waals surface area contributed by atoms with Crippen LogP contribution in [-0.4, -0.2) is 15.0 Å². The highest BCUT2D eigenvalue weighted by Gasteiger charge is 2.28. The summed E-state index contributed by atoms with van der Waals surface area (Å²) in [6.07, 6.45) is 9.50. The Morgan fingerprint density at radius 1 is 1.38 bits per heavy atom. The second-order valence-corrected chi connectivity index (χ2v) is 3.80. The molecule has 1 saturated carbocycles. The third kappa shape index (κ3) is 1.60. The molecule has 0 bridgehead atoms. The topological polar surface area (TPSA) is 65.6 Å². The third-order valence-corrected chi connectivity index (χ3v) is 2.57. The van der Waals surface area contributed by atoms with Crippen LogP contribution in [0.25, 0.3) is 11.4 Å².